The summed E-state index contributed by atoms with van der Waals surface area (Å²) in [5.41, 5.74) is -0.733. The normalized spacial score (nSPS) is 12.4. The molecular formula is C19H19F5S. The summed E-state index contributed by atoms with van der Waals surface area (Å²) < 4.78 is 69.9. The molecule has 25 heavy (non-hydrogen) atoms. The highest BCUT2D eigenvalue weighted by molar-refractivity contribution is 7.94. The zero-order chi connectivity index (χ0) is 18.5. The molecule has 2 aromatic rings. The molecular weight excluding hydrogens is 355 g/mol. The molecule has 0 nitrogen and oxygen atoms in total. The molecule has 0 aliphatic heterocycles. The van der Waals surface area contributed by atoms with Crippen LogP contribution >= 0.6 is 12.1 Å². The van der Waals surface area contributed by atoms with Crippen LogP contribution in [0.3, 0.4) is 0 Å². The summed E-state index contributed by atoms with van der Waals surface area (Å²) in [7, 11) is 0. The minimum Gasteiger partial charge on any atom is -0.194 e. The highest BCUT2D eigenvalue weighted by atomic mass is 32.2. The van der Waals surface area contributed by atoms with Gasteiger partial charge in [-0.15, -0.1) is 0 Å². The van der Waals surface area contributed by atoms with Crippen molar-refractivity contribution in [3.63, 3.8) is 0 Å². The van der Waals surface area contributed by atoms with Gasteiger partial charge in [-0.2, -0.15) is 21.4 Å². The number of unbranched alkanes of at least 4 members (excludes halogenated alkanes) is 2. The van der Waals surface area contributed by atoms with Crippen molar-refractivity contribution in [2.45, 2.75) is 49.3 Å². The lowest BCUT2D eigenvalue weighted by Crippen LogP contribution is -2.35. The average molecular weight is 374 g/mol. The van der Waals surface area contributed by atoms with E-state index in [-0.39, 0.29) is 17.0 Å². The van der Waals surface area contributed by atoms with E-state index in [0.717, 1.165) is 67.6 Å². The van der Waals surface area contributed by atoms with Crippen LogP contribution < -0.4 is 0 Å². The van der Waals surface area contributed by atoms with Crippen molar-refractivity contribution < 1.29 is 21.4 Å². The number of benzene rings is 2. The van der Waals surface area contributed by atoms with Crippen LogP contribution in [0.15, 0.2) is 53.4 Å². The van der Waals surface area contributed by atoms with E-state index >= 15 is 0 Å². The Bertz CT molecular complexity index is 665. The maximum atomic E-state index is 14.4. The van der Waals surface area contributed by atoms with Crippen molar-refractivity contribution in [2.75, 3.05) is 0 Å². The highest BCUT2D eigenvalue weighted by Gasteiger charge is 2.58. The fraction of sp³-hybridized carbons (Fsp3) is 0.368. The molecule has 0 saturated heterocycles. The van der Waals surface area contributed by atoms with E-state index in [1.165, 1.54) is 12.1 Å². The Morgan fingerprint density at radius 2 is 1.24 bits per heavy atom. The van der Waals surface area contributed by atoms with E-state index < -0.39 is 23.0 Å². The highest BCUT2D eigenvalue weighted by Crippen LogP contribution is 2.49. The number of alkyl halides is 4. The molecule has 0 bridgehead atoms. The SMILES string of the molecule is CCCCCc1ccc(C(F)(F)C(F)(F)c2ccc(SF)cc2)cc1. The van der Waals surface area contributed by atoms with Gasteiger partial charge in [-0.05, 0) is 30.5 Å². The maximum absolute atomic E-state index is 14.4. The van der Waals surface area contributed by atoms with Crippen LogP contribution in [-0.2, 0) is 18.3 Å². The Hall–Kier alpha value is -1.56. The molecule has 0 heterocycles. The Labute approximate surface area is 148 Å². The molecule has 0 saturated carbocycles. The van der Waals surface area contributed by atoms with Gasteiger partial charge >= 0.3 is 11.8 Å². The molecule has 2 rings (SSSR count). The first kappa shape index (κ1) is 19.8. The second kappa shape index (κ2) is 8.21. The number of hydrogen-bond donors (Lipinski definition) is 0. The van der Waals surface area contributed by atoms with Crippen LogP contribution in [0.1, 0.15) is 42.9 Å². The lowest BCUT2D eigenvalue weighted by Gasteiger charge is -2.27. The van der Waals surface area contributed by atoms with Crippen molar-refractivity contribution in [1.29, 1.82) is 0 Å². The van der Waals surface area contributed by atoms with E-state index in [4.69, 9.17) is 0 Å². The first-order chi connectivity index (χ1) is 11.8. The summed E-state index contributed by atoms with van der Waals surface area (Å²) in [6, 6.07) is 8.82. The van der Waals surface area contributed by atoms with E-state index in [2.05, 4.69) is 6.92 Å². The molecule has 136 valence electrons. The molecule has 0 atom stereocenters. The topological polar surface area (TPSA) is 0 Å². The fourth-order valence-electron chi connectivity index (χ4n) is 2.54. The van der Waals surface area contributed by atoms with Crippen molar-refractivity contribution in [3.05, 3.63) is 65.2 Å². The number of aryl methyl sites for hydroxylation is 1. The zero-order valence-corrected chi connectivity index (χ0v) is 14.6. The van der Waals surface area contributed by atoms with Crippen LogP contribution in [0, 0.1) is 0 Å². The van der Waals surface area contributed by atoms with E-state index in [1.807, 2.05) is 0 Å². The van der Waals surface area contributed by atoms with Gasteiger partial charge in [0.15, 0.2) is 0 Å². The van der Waals surface area contributed by atoms with Crippen LogP contribution in [0.2, 0.25) is 0 Å². The van der Waals surface area contributed by atoms with Gasteiger partial charge in [0.25, 0.3) is 0 Å². The summed E-state index contributed by atoms with van der Waals surface area (Å²) in [5.74, 6) is -8.75. The first-order valence-corrected chi connectivity index (χ1v) is 8.78. The first-order valence-electron chi connectivity index (χ1n) is 8.07. The third-order valence-electron chi connectivity index (χ3n) is 4.09. The Morgan fingerprint density at radius 1 is 0.760 bits per heavy atom. The van der Waals surface area contributed by atoms with Crippen LogP contribution in [0.5, 0.6) is 0 Å². The van der Waals surface area contributed by atoms with Crippen LogP contribution in [-0.4, -0.2) is 0 Å². The number of halogens is 5. The molecule has 6 heteroatoms. The molecule has 0 radical (unpaired) electrons. The van der Waals surface area contributed by atoms with Crippen molar-refractivity contribution in [1.82, 2.24) is 0 Å². The molecule has 0 aromatic heterocycles. The maximum Gasteiger partial charge on any atom is 0.339 e. The Balaban J connectivity index is 2.22. The third kappa shape index (κ3) is 4.35. The summed E-state index contributed by atoms with van der Waals surface area (Å²) in [4.78, 5) is 0.0827. The van der Waals surface area contributed by atoms with E-state index in [9.17, 15) is 21.4 Å². The summed E-state index contributed by atoms with van der Waals surface area (Å²) in [5, 5.41) is 0. The quantitative estimate of drug-likeness (QED) is 0.346. The summed E-state index contributed by atoms with van der Waals surface area (Å²) in [6.45, 7) is 2.06. The molecule has 2 aromatic carbocycles. The molecule has 0 fully saturated rings. The monoisotopic (exact) mass is 374 g/mol. The predicted octanol–water partition coefficient (Wildman–Crippen LogP) is 7.28. The van der Waals surface area contributed by atoms with Gasteiger partial charge in [-0.25, -0.2) is 0 Å². The molecule has 0 amide bonds. The molecule has 0 unspecified atom stereocenters. The van der Waals surface area contributed by atoms with Crippen molar-refractivity contribution in [3.8, 4) is 0 Å². The molecule has 0 N–H and O–H groups in total. The van der Waals surface area contributed by atoms with E-state index in [1.54, 1.807) is 0 Å². The molecule has 0 aliphatic rings. The van der Waals surface area contributed by atoms with Crippen molar-refractivity contribution in [2.24, 2.45) is 0 Å². The molecule has 0 spiro atoms. The molecule has 0 aliphatic carbocycles. The minimum atomic E-state index is -4.39. The minimum absolute atomic E-state index is 0.0827. The lowest BCUT2D eigenvalue weighted by atomic mass is 9.95. The smallest absolute Gasteiger partial charge is 0.194 e. The standard InChI is InChI=1S/C19H19F5S/c1-2-3-4-5-14-6-8-15(9-7-14)18(20,21)19(22,23)16-10-12-17(25-24)13-11-16/h6-13H,2-5H2,1H3. The van der Waals surface area contributed by atoms with Crippen molar-refractivity contribution >= 4 is 12.1 Å². The predicted molar refractivity (Wildman–Crippen MR) is 90.9 cm³/mol. The van der Waals surface area contributed by atoms with Gasteiger partial charge < -0.3 is 0 Å². The second-order valence-electron chi connectivity index (χ2n) is 5.90. The summed E-state index contributed by atoms with van der Waals surface area (Å²) in [6.07, 6.45) is 3.74. The van der Waals surface area contributed by atoms with Gasteiger partial charge in [-0.1, -0.05) is 56.2 Å². The number of rotatable bonds is 8. The average Bonchev–Trinajstić information content (AvgIpc) is 2.62. The lowest BCUT2D eigenvalue weighted by molar-refractivity contribution is -0.223. The largest absolute Gasteiger partial charge is 0.339 e. The Kier molecular flexibility index (Phi) is 6.49. The number of hydrogen-bond acceptors (Lipinski definition) is 1. The van der Waals surface area contributed by atoms with Gasteiger partial charge in [0.2, 0.25) is 0 Å². The Morgan fingerprint density at radius 3 is 1.68 bits per heavy atom. The van der Waals surface area contributed by atoms with E-state index in [0.29, 0.717) is 0 Å². The van der Waals surface area contributed by atoms with Crippen LogP contribution in [0.4, 0.5) is 21.4 Å². The fourth-order valence-corrected chi connectivity index (χ4v) is 2.78. The third-order valence-corrected chi connectivity index (χ3v) is 4.54. The van der Waals surface area contributed by atoms with Gasteiger partial charge in [0, 0.05) is 16.0 Å². The van der Waals surface area contributed by atoms with Gasteiger partial charge in [0.1, 0.15) is 0 Å². The van der Waals surface area contributed by atoms with Gasteiger partial charge in [-0.3, -0.25) is 0 Å². The second-order valence-corrected chi connectivity index (χ2v) is 6.53. The van der Waals surface area contributed by atoms with Crippen LogP contribution in [0.25, 0.3) is 0 Å². The van der Waals surface area contributed by atoms with Gasteiger partial charge in [0.05, 0.1) is 12.1 Å². The summed E-state index contributed by atoms with van der Waals surface area (Å²) >= 11 is -0.131. The zero-order valence-electron chi connectivity index (χ0n) is 13.7.